The Hall–Kier alpha value is -1.95. The molecule has 0 bridgehead atoms. The molecule has 0 radical (unpaired) electrons. The lowest BCUT2D eigenvalue weighted by atomic mass is 10.2. The highest BCUT2D eigenvalue weighted by Gasteiger charge is 2.14. The van der Waals surface area contributed by atoms with Gasteiger partial charge in [-0.3, -0.25) is 0 Å². The summed E-state index contributed by atoms with van der Waals surface area (Å²) in [5, 5.41) is 9.02. The van der Waals surface area contributed by atoms with Crippen molar-refractivity contribution in [1.29, 1.82) is 0 Å². The van der Waals surface area contributed by atoms with Crippen LogP contribution in [-0.2, 0) is 6.54 Å². The Kier molecular flexibility index (Phi) is 4.11. The molecule has 6 heteroatoms. The summed E-state index contributed by atoms with van der Waals surface area (Å²) < 4.78 is 0.372. The Morgan fingerprint density at radius 2 is 2.05 bits per heavy atom. The fourth-order valence-corrected chi connectivity index (χ4v) is 1.98. The molecule has 2 rings (SSSR count). The van der Waals surface area contributed by atoms with E-state index in [1.165, 1.54) is 6.20 Å². The van der Waals surface area contributed by atoms with E-state index in [1.807, 2.05) is 37.4 Å². The highest BCUT2D eigenvalue weighted by molar-refractivity contribution is 9.10. The highest BCUT2D eigenvalue weighted by Crippen LogP contribution is 2.17. The molecule has 5 nitrogen and oxygen atoms in total. The molecular weight excluding hydrogens is 310 g/mol. The summed E-state index contributed by atoms with van der Waals surface area (Å²) in [6.07, 6.45) is 1.45. The van der Waals surface area contributed by atoms with E-state index in [0.717, 1.165) is 5.56 Å². The molecule has 1 N–H and O–H groups in total. The van der Waals surface area contributed by atoms with Crippen LogP contribution in [0.3, 0.4) is 0 Å². The van der Waals surface area contributed by atoms with Gasteiger partial charge in [0.2, 0.25) is 5.95 Å². The van der Waals surface area contributed by atoms with Gasteiger partial charge in [0, 0.05) is 19.8 Å². The van der Waals surface area contributed by atoms with Crippen molar-refractivity contribution in [3.05, 3.63) is 52.3 Å². The van der Waals surface area contributed by atoms with Gasteiger partial charge in [-0.05, 0) is 21.5 Å². The average molecular weight is 322 g/mol. The monoisotopic (exact) mass is 321 g/mol. The normalized spacial score (nSPS) is 10.2. The molecule has 0 atom stereocenters. The second kappa shape index (κ2) is 5.79. The van der Waals surface area contributed by atoms with Gasteiger partial charge in [-0.1, -0.05) is 30.3 Å². The smallest absolute Gasteiger partial charge is 0.355 e. The van der Waals surface area contributed by atoms with Crippen molar-refractivity contribution in [3.63, 3.8) is 0 Å². The van der Waals surface area contributed by atoms with Gasteiger partial charge in [-0.25, -0.2) is 14.8 Å². The zero-order chi connectivity index (χ0) is 13.8. The van der Waals surface area contributed by atoms with Crippen LogP contribution in [0.2, 0.25) is 0 Å². The third kappa shape index (κ3) is 3.29. The van der Waals surface area contributed by atoms with E-state index in [0.29, 0.717) is 17.0 Å². The van der Waals surface area contributed by atoms with Gasteiger partial charge in [0.05, 0.1) is 4.47 Å². The van der Waals surface area contributed by atoms with Crippen molar-refractivity contribution in [2.45, 2.75) is 6.54 Å². The van der Waals surface area contributed by atoms with Crippen LogP contribution in [0.1, 0.15) is 16.1 Å². The van der Waals surface area contributed by atoms with E-state index in [4.69, 9.17) is 5.11 Å². The van der Waals surface area contributed by atoms with Crippen molar-refractivity contribution in [2.75, 3.05) is 11.9 Å². The number of nitrogens with zero attached hydrogens (tertiary/aromatic N) is 3. The van der Waals surface area contributed by atoms with E-state index in [1.54, 1.807) is 4.90 Å². The molecule has 0 saturated heterocycles. The molecular formula is C13H12BrN3O2. The molecule has 0 spiro atoms. The number of halogens is 1. The molecule has 1 aromatic carbocycles. The Labute approximate surface area is 119 Å². The van der Waals surface area contributed by atoms with Crippen molar-refractivity contribution in [1.82, 2.24) is 9.97 Å². The van der Waals surface area contributed by atoms with Gasteiger partial charge in [0.15, 0.2) is 5.69 Å². The first kappa shape index (κ1) is 13.5. The molecule has 0 fully saturated rings. The third-order valence-electron chi connectivity index (χ3n) is 2.54. The second-order valence-electron chi connectivity index (χ2n) is 4.01. The van der Waals surface area contributed by atoms with E-state index < -0.39 is 5.97 Å². The average Bonchev–Trinajstić information content (AvgIpc) is 2.40. The summed E-state index contributed by atoms with van der Waals surface area (Å²) in [5.74, 6) is -0.701. The number of carboxylic acids is 1. The first-order valence-corrected chi connectivity index (χ1v) is 6.38. The van der Waals surface area contributed by atoms with Crippen LogP contribution in [0.5, 0.6) is 0 Å². The predicted octanol–water partition coefficient (Wildman–Crippen LogP) is 2.57. The summed E-state index contributed by atoms with van der Waals surface area (Å²) in [6.45, 7) is 0.613. The summed E-state index contributed by atoms with van der Waals surface area (Å²) in [6, 6.07) is 9.84. The molecule has 0 aliphatic rings. The minimum atomic E-state index is -1.08. The molecule has 0 saturated carbocycles. The first-order chi connectivity index (χ1) is 9.08. The molecule has 98 valence electrons. The number of hydrogen-bond donors (Lipinski definition) is 1. The van der Waals surface area contributed by atoms with Crippen LogP contribution in [-0.4, -0.2) is 28.1 Å². The van der Waals surface area contributed by atoms with Gasteiger partial charge >= 0.3 is 5.97 Å². The van der Waals surface area contributed by atoms with Crippen molar-refractivity contribution in [2.24, 2.45) is 0 Å². The summed E-state index contributed by atoms with van der Waals surface area (Å²) >= 11 is 3.12. The third-order valence-corrected chi connectivity index (χ3v) is 3.12. The van der Waals surface area contributed by atoms with Crippen LogP contribution >= 0.6 is 15.9 Å². The number of benzene rings is 1. The first-order valence-electron chi connectivity index (χ1n) is 5.59. The van der Waals surface area contributed by atoms with Crippen LogP contribution in [0, 0.1) is 0 Å². The summed E-state index contributed by atoms with van der Waals surface area (Å²) in [7, 11) is 1.82. The van der Waals surface area contributed by atoms with Crippen molar-refractivity contribution >= 4 is 27.8 Å². The van der Waals surface area contributed by atoms with Crippen molar-refractivity contribution in [3.8, 4) is 0 Å². The van der Waals surface area contributed by atoms with E-state index in [9.17, 15) is 4.79 Å². The molecule has 0 unspecified atom stereocenters. The quantitative estimate of drug-likeness (QED) is 0.937. The molecule has 2 aromatic rings. The Morgan fingerprint density at radius 1 is 1.37 bits per heavy atom. The number of carboxylic acid groups (broad SMARTS) is 1. The highest BCUT2D eigenvalue weighted by atomic mass is 79.9. The Morgan fingerprint density at radius 3 is 2.68 bits per heavy atom. The molecule has 1 heterocycles. The second-order valence-corrected chi connectivity index (χ2v) is 4.87. The fourth-order valence-electron chi connectivity index (χ4n) is 1.62. The van der Waals surface area contributed by atoms with Crippen LogP contribution in [0.4, 0.5) is 5.95 Å². The zero-order valence-corrected chi connectivity index (χ0v) is 11.8. The van der Waals surface area contributed by atoms with Gasteiger partial charge in [-0.2, -0.15) is 0 Å². The van der Waals surface area contributed by atoms with E-state index in [2.05, 4.69) is 25.9 Å². The standard InChI is InChI=1S/C13H12BrN3O2/c1-17(8-9-5-3-2-4-6-9)13-15-7-10(14)11(16-13)12(18)19/h2-7H,8H2,1H3,(H,18,19). The van der Waals surface area contributed by atoms with E-state index in [-0.39, 0.29) is 5.69 Å². The van der Waals surface area contributed by atoms with Crippen molar-refractivity contribution < 1.29 is 9.90 Å². The molecule has 1 aromatic heterocycles. The maximum Gasteiger partial charge on any atom is 0.355 e. The van der Waals surface area contributed by atoms with Crippen LogP contribution < -0.4 is 4.90 Å². The number of aromatic carboxylic acids is 1. The minimum absolute atomic E-state index is 0.0371. The predicted molar refractivity (Wildman–Crippen MR) is 75.2 cm³/mol. The number of rotatable bonds is 4. The molecule has 19 heavy (non-hydrogen) atoms. The molecule has 0 aliphatic heterocycles. The topological polar surface area (TPSA) is 66.3 Å². The number of hydrogen-bond acceptors (Lipinski definition) is 4. The lowest BCUT2D eigenvalue weighted by Gasteiger charge is -2.17. The van der Waals surface area contributed by atoms with Crippen LogP contribution in [0.25, 0.3) is 0 Å². The number of carbonyl (C=O) groups is 1. The lowest BCUT2D eigenvalue weighted by molar-refractivity contribution is 0.0689. The maximum absolute atomic E-state index is 11.0. The Balaban J connectivity index is 2.22. The number of anilines is 1. The number of aromatic nitrogens is 2. The molecule has 0 aliphatic carbocycles. The minimum Gasteiger partial charge on any atom is -0.476 e. The van der Waals surface area contributed by atoms with Gasteiger partial charge in [0.25, 0.3) is 0 Å². The molecule has 0 amide bonds. The fraction of sp³-hybridized carbons (Fsp3) is 0.154. The zero-order valence-electron chi connectivity index (χ0n) is 10.2. The largest absolute Gasteiger partial charge is 0.476 e. The maximum atomic E-state index is 11.0. The SMILES string of the molecule is CN(Cc1ccccc1)c1ncc(Br)c(C(=O)O)n1. The lowest BCUT2D eigenvalue weighted by Crippen LogP contribution is -2.20. The van der Waals surface area contributed by atoms with Crippen LogP contribution in [0.15, 0.2) is 41.0 Å². The Bertz CT molecular complexity index is 590. The van der Waals surface area contributed by atoms with Gasteiger partial charge in [-0.15, -0.1) is 0 Å². The summed E-state index contributed by atoms with van der Waals surface area (Å²) in [4.78, 5) is 21.0. The van der Waals surface area contributed by atoms with E-state index >= 15 is 0 Å². The summed E-state index contributed by atoms with van der Waals surface area (Å²) in [5.41, 5.74) is 1.07. The van der Waals surface area contributed by atoms with Gasteiger partial charge < -0.3 is 10.0 Å². The van der Waals surface area contributed by atoms with Gasteiger partial charge in [0.1, 0.15) is 0 Å².